The number of alkyl halides is 3. The van der Waals surface area contributed by atoms with Gasteiger partial charge in [-0.1, -0.05) is 65.5 Å². The van der Waals surface area contributed by atoms with Crippen LogP contribution in [-0.4, -0.2) is 5.12 Å². The van der Waals surface area contributed by atoms with Crippen LogP contribution in [0.1, 0.15) is 45.9 Å². The van der Waals surface area contributed by atoms with Crippen LogP contribution in [0.25, 0.3) is 0 Å². The molecule has 0 aliphatic carbocycles. The molecule has 4 aromatic rings. The van der Waals surface area contributed by atoms with E-state index in [0.717, 1.165) is 34.4 Å². The van der Waals surface area contributed by atoms with Crippen LogP contribution in [-0.2, 0) is 11.0 Å². The normalized spacial score (nSPS) is 10.3. The van der Waals surface area contributed by atoms with Gasteiger partial charge in [0, 0.05) is 39.6 Å². The Hall–Kier alpha value is -4.70. The zero-order valence-electron chi connectivity index (χ0n) is 20.5. The van der Waals surface area contributed by atoms with Crippen molar-refractivity contribution in [2.24, 2.45) is 0 Å². The van der Waals surface area contributed by atoms with Crippen LogP contribution in [0.3, 0.4) is 0 Å². The molecular weight excluding hydrogens is 520 g/mol. The van der Waals surface area contributed by atoms with Crippen molar-refractivity contribution in [2.75, 3.05) is 0 Å². The first-order chi connectivity index (χ1) is 18.7. The fraction of sp³-hybridized carbons (Fsp3) is 0.0606. The third kappa shape index (κ3) is 7.89. The van der Waals surface area contributed by atoms with E-state index in [2.05, 4.69) is 35.5 Å². The number of rotatable bonds is 1. The Morgan fingerprint density at radius 1 is 0.641 bits per heavy atom. The minimum Gasteiger partial charge on any atom is -0.287 e. The highest BCUT2D eigenvalue weighted by molar-refractivity contribution is 8.13. The summed E-state index contributed by atoms with van der Waals surface area (Å²) in [5.74, 6) is 15.7. The van der Waals surface area contributed by atoms with Gasteiger partial charge in [0.05, 0.1) is 11.1 Å². The number of hydrogen-bond acceptors (Lipinski definition) is 2. The standard InChI is InChI=1S/C33H18F4OS/c1-23(38)39-30-19-13-25(14-20-30)7-8-26-10-15-28(31(21-26)33(35,36)37)16-11-27-12-18-29(32(34)22-27)17-9-24-5-3-2-4-6-24/h2-6,10,12-15,18-22H,1H3. The molecule has 0 saturated heterocycles. The van der Waals surface area contributed by atoms with E-state index in [0.29, 0.717) is 5.56 Å². The molecule has 0 radical (unpaired) electrons. The monoisotopic (exact) mass is 538 g/mol. The van der Waals surface area contributed by atoms with Gasteiger partial charge in [-0.2, -0.15) is 13.2 Å². The van der Waals surface area contributed by atoms with Gasteiger partial charge >= 0.3 is 6.18 Å². The Morgan fingerprint density at radius 2 is 1.15 bits per heavy atom. The molecule has 0 aliphatic rings. The maximum absolute atomic E-state index is 14.5. The molecule has 0 heterocycles. The molecule has 4 aromatic carbocycles. The highest BCUT2D eigenvalue weighted by Gasteiger charge is 2.33. The number of halogens is 4. The number of carbonyl (C=O) groups is 1. The molecule has 1 nitrogen and oxygen atoms in total. The van der Waals surface area contributed by atoms with Crippen LogP contribution < -0.4 is 0 Å². The molecule has 0 atom stereocenters. The first kappa shape index (κ1) is 27.3. The molecule has 0 fully saturated rings. The summed E-state index contributed by atoms with van der Waals surface area (Å²) in [6, 6.07) is 23.7. The lowest BCUT2D eigenvalue weighted by atomic mass is 10.0. The van der Waals surface area contributed by atoms with Gasteiger partial charge < -0.3 is 0 Å². The molecule has 0 N–H and O–H groups in total. The van der Waals surface area contributed by atoms with Crippen LogP contribution in [0.15, 0.2) is 95.9 Å². The van der Waals surface area contributed by atoms with E-state index in [9.17, 15) is 22.4 Å². The van der Waals surface area contributed by atoms with E-state index in [1.165, 1.54) is 31.2 Å². The van der Waals surface area contributed by atoms with Crippen molar-refractivity contribution in [1.29, 1.82) is 0 Å². The third-order valence-corrected chi connectivity index (χ3v) is 6.01. The topological polar surface area (TPSA) is 17.1 Å². The fourth-order valence-electron chi connectivity index (χ4n) is 3.38. The van der Waals surface area contributed by atoms with Gasteiger partial charge in [0.25, 0.3) is 0 Å². The lowest BCUT2D eigenvalue weighted by molar-refractivity contribution is -0.137. The first-order valence-electron chi connectivity index (χ1n) is 11.6. The van der Waals surface area contributed by atoms with Crippen LogP contribution >= 0.6 is 11.8 Å². The molecule has 6 heteroatoms. The van der Waals surface area contributed by atoms with Crippen molar-refractivity contribution < 1.29 is 22.4 Å². The van der Waals surface area contributed by atoms with Crippen LogP contribution in [0, 0.1) is 41.3 Å². The Bertz CT molecular complexity index is 1700. The molecule has 0 aliphatic heterocycles. The molecule has 39 heavy (non-hydrogen) atoms. The lowest BCUT2D eigenvalue weighted by Crippen LogP contribution is -2.08. The van der Waals surface area contributed by atoms with Crippen molar-refractivity contribution in [2.45, 2.75) is 18.0 Å². The Labute approximate surface area is 228 Å². The molecule has 190 valence electrons. The van der Waals surface area contributed by atoms with Crippen molar-refractivity contribution >= 4 is 16.9 Å². The number of carbonyl (C=O) groups excluding carboxylic acids is 1. The van der Waals surface area contributed by atoms with Crippen molar-refractivity contribution in [1.82, 2.24) is 0 Å². The Balaban J connectivity index is 1.56. The number of hydrogen-bond donors (Lipinski definition) is 0. The second-order valence-corrected chi connectivity index (χ2v) is 9.44. The average molecular weight is 539 g/mol. The first-order valence-corrected chi connectivity index (χ1v) is 12.4. The molecule has 0 aromatic heterocycles. The van der Waals surface area contributed by atoms with Gasteiger partial charge in [0.15, 0.2) is 5.12 Å². The number of benzene rings is 4. The largest absolute Gasteiger partial charge is 0.417 e. The predicted molar refractivity (Wildman–Crippen MR) is 145 cm³/mol. The second-order valence-electron chi connectivity index (χ2n) is 8.19. The maximum atomic E-state index is 14.5. The summed E-state index contributed by atoms with van der Waals surface area (Å²) < 4.78 is 55.9. The van der Waals surface area contributed by atoms with E-state index in [-0.39, 0.29) is 27.4 Å². The zero-order valence-corrected chi connectivity index (χ0v) is 21.3. The van der Waals surface area contributed by atoms with Gasteiger partial charge in [0.2, 0.25) is 0 Å². The van der Waals surface area contributed by atoms with E-state index in [4.69, 9.17) is 0 Å². The van der Waals surface area contributed by atoms with Crippen molar-refractivity contribution in [3.05, 3.63) is 136 Å². The summed E-state index contributed by atoms with van der Waals surface area (Å²) in [5.41, 5.74) is 0.710. The van der Waals surface area contributed by atoms with E-state index >= 15 is 0 Å². The summed E-state index contributed by atoms with van der Waals surface area (Å²) in [7, 11) is 0. The maximum Gasteiger partial charge on any atom is 0.417 e. The molecular formula is C33H18F4OS. The van der Waals surface area contributed by atoms with E-state index in [1.807, 2.05) is 18.2 Å². The summed E-state index contributed by atoms with van der Waals surface area (Å²) in [6.07, 6.45) is -4.66. The molecule has 0 unspecified atom stereocenters. The molecule has 4 rings (SSSR count). The van der Waals surface area contributed by atoms with Gasteiger partial charge in [-0.15, -0.1) is 0 Å². The summed E-state index contributed by atoms with van der Waals surface area (Å²) >= 11 is 1.08. The zero-order chi connectivity index (χ0) is 27.8. The third-order valence-electron chi connectivity index (χ3n) is 5.22. The molecule has 0 spiro atoms. The fourth-order valence-corrected chi connectivity index (χ4v) is 3.98. The predicted octanol–water partition coefficient (Wildman–Crippen LogP) is 7.68. The second kappa shape index (κ2) is 12.2. The van der Waals surface area contributed by atoms with Gasteiger partial charge in [0.1, 0.15) is 5.82 Å². The SMILES string of the molecule is CC(=O)Sc1ccc(C#Cc2ccc(C#Cc3ccc(C#Cc4ccccc4)c(F)c3)c(C(F)(F)F)c2)cc1. The molecule has 0 saturated carbocycles. The van der Waals surface area contributed by atoms with Crippen LogP contribution in [0.2, 0.25) is 0 Å². The lowest BCUT2D eigenvalue weighted by Gasteiger charge is -2.09. The molecule has 0 bridgehead atoms. The van der Waals surface area contributed by atoms with Gasteiger partial charge in [-0.05, 0) is 72.8 Å². The average Bonchev–Trinajstić information content (AvgIpc) is 2.91. The summed E-state index contributed by atoms with van der Waals surface area (Å²) in [6.45, 7) is 1.46. The van der Waals surface area contributed by atoms with Crippen molar-refractivity contribution in [3.63, 3.8) is 0 Å². The highest BCUT2D eigenvalue weighted by atomic mass is 32.2. The summed E-state index contributed by atoms with van der Waals surface area (Å²) in [5, 5.41) is -0.0491. The Morgan fingerprint density at radius 3 is 1.79 bits per heavy atom. The van der Waals surface area contributed by atoms with Crippen LogP contribution in [0.5, 0.6) is 0 Å². The van der Waals surface area contributed by atoms with Crippen LogP contribution in [0.4, 0.5) is 17.6 Å². The van der Waals surface area contributed by atoms with Crippen molar-refractivity contribution in [3.8, 4) is 35.5 Å². The molecule has 0 amide bonds. The summed E-state index contributed by atoms with van der Waals surface area (Å²) in [4.78, 5) is 11.9. The van der Waals surface area contributed by atoms with Gasteiger partial charge in [-0.3, -0.25) is 4.79 Å². The Kier molecular flexibility index (Phi) is 8.57. The van der Waals surface area contributed by atoms with E-state index in [1.54, 1.807) is 36.4 Å². The highest BCUT2D eigenvalue weighted by Crippen LogP contribution is 2.32. The smallest absolute Gasteiger partial charge is 0.287 e. The minimum absolute atomic E-state index is 0.0491. The quantitative estimate of drug-likeness (QED) is 0.140. The minimum atomic E-state index is -4.66. The number of thioether (sulfide) groups is 1. The van der Waals surface area contributed by atoms with E-state index < -0.39 is 17.6 Å². The van der Waals surface area contributed by atoms with Gasteiger partial charge in [-0.25, -0.2) is 4.39 Å².